The van der Waals surface area contributed by atoms with E-state index in [1.54, 1.807) is 12.4 Å². The SMILES string of the molecule is Cc1cccnc1CN1CCCC(Nc2ncccn2)C1. The minimum absolute atomic E-state index is 0.408. The number of hydrogen-bond acceptors (Lipinski definition) is 5. The van der Waals surface area contributed by atoms with Gasteiger partial charge in [0.05, 0.1) is 5.69 Å². The van der Waals surface area contributed by atoms with Gasteiger partial charge in [-0.25, -0.2) is 9.97 Å². The highest BCUT2D eigenvalue weighted by Gasteiger charge is 2.21. The summed E-state index contributed by atoms with van der Waals surface area (Å²) in [5.74, 6) is 0.721. The lowest BCUT2D eigenvalue weighted by molar-refractivity contribution is 0.205. The van der Waals surface area contributed by atoms with E-state index in [9.17, 15) is 0 Å². The average Bonchev–Trinajstić information content (AvgIpc) is 2.51. The number of nitrogens with zero attached hydrogens (tertiary/aromatic N) is 4. The van der Waals surface area contributed by atoms with Crippen molar-refractivity contribution in [2.24, 2.45) is 0 Å². The third kappa shape index (κ3) is 3.76. The maximum absolute atomic E-state index is 4.49. The molecule has 0 amide bonds. The molecule has 1 aliphatic rings. The van der Waals surface area contributed by atoms with Crippen LogP contribution in [0.1, 0.15) is 24.1 Å². The van der Waals surface area contributed by atoms with Gasteiger partial charge in [-0.1, -0.05) is 6.07 Å². The molecule has 0 saturated carbocycles. The third-order valence-electron chi connectivity index (χ3n) is 3.90. The zero-order valence-corrected chi connectivity index (χ0v) is 12.4. The maximum atomic E-state index is 4.49. The van der Waals surface area contributed by atoms with Crippen molar-refractivity contribution < 1.29 is 0 Å². The Bertz CT molecular complexity index is 572. The summed E-state index contributed by atoms with van der Waals surface area (Å²) in [7, 11) is 0. The van der Waals surface area contributed by atoms with Gasteiger partial charge < -0.3 is 5.32 Å². The van der Waals surface area contributed by atoms with Crippen LogP contribution in [0.4, 0.5) is 5.95 Å². The predicted octanol–water partition coefficient (Wildman–Crippen LogP) is 2.26. The zero-order chi connectivity index (χ0) is 14.5. The summed E-state index contributed by atoms with van der Waals surface area (Å²) in [6.45, 7) is 5.18. The molecule has 1 N–H and O–H groups in total. The van der Waals surface area contributed by atoms with E-state index in [1.807, 2.05) is 18.3 Å². The first-order chi connectivity index (χ1) is 10.3. The highest BCUT2D eigenvalue weighted by Crippen LogP contribution is 2.16. The van der Waals surface area contributed by atoms with Crippen LogP contribution in [0, 0.1) is 6.92 Å². The predicted molar refractivity (Wildman–Crippen MR) is 82.9 cm³/mol. The second kappa shape index (κ2) is 6.63. The Morgan fingerprint density at radius 3 is 2.81 bits per heavy atom. The highest BCUT2D eigenvalue weighted by molar-refractivity contribution is 5.25. The lowest BCUT2D eigenvalue weighted by atomic mass is 10.1. The number of anilines is 1. The molecule has 3 rings (SSSR count). The van der Waals surface area contributed by atoms with E-state index in [4.69, 9.17) is 0 Å². The standard InChI is InChI=1S/C16H21N5/c1-13-5-2-7-17-15(13)12-21-10-3-6-14(11-21)20-16-18-8-4-9-19-16/h2,4-5,7-9,14H,3,6,10-12H2,1H3,(H,18,19,20). The summed E-state index contributed by atoms with van der Waals surface area (Å²) in [6.07, 6.45) is 7.77. The van der Waals surface area contributed by atoms with Crippen LogP contribution >= 0.6 is 0 Å². The van der Waals surface area contributed by atoms with Crippen LogP contribution < -0.4 is 5.32 Å². The summed E-state index contributed by atoms with van der Waals surface area (Å²) >= 11 is 0. The maximum Gasteiger partial charge on any atom is 0.222 e. The van der Waals surface area contributed by atoms with E-state index >= 15 is 0 Å². The molecule has 0 radical (unpaired) electrons. The van der Waals surface area contributed by atoms with Crippen molar-refractivity contribution in [2.45, 2.75) is 32.4 Å². The van der Waals surface area contributed by atoms with Gasteiger partial charge in [-0.05, 0) is 44.0 Å². The van der Waals surface area contributed by atoms with E-state index in [-0.39, 0.29) is 0 Å². The van der Waals surface area contributed by atoms with Gasteiger partial charge in [-0.15, -0.1) is 0 Å². The van der Waals surface area contributed by atoms with Gasteiger partial charge in [0.25, 0.3) is 0 Å². The van der Waals surface area contributed by atoms with Crippen molar-refractivity contribution in [2.75, 3.05) is 18.4 Å². The Kier molecular flexibility index (Phi) is 4.40. The second-order valence-electron chi connectivity index (χ2n) is 5.56. The fraction of sp³-hybridized carbons (Fsp3) is 0.438. The number of likely N-dealkylation sites (tertiary alicyclic amines) is 1. The number of hydrogen-bond donors (Lipinski definition) is 1. The van der Waals surface area contributed by atoms with Crippen molar-refractivity contribution >= 4 is 5.95 Å². The lowest BCUT2D eigenvalue weighted by Gasteiger charge is -2.33. The quantitative estimate of drug-likeness (QED) is 0.932. The van der Waals surface area contributed by atoms with Crippen LogP contribution in [0.5, 0.6) is 0 Å². The van der Waals surface area contributed by atoms with Crippen LogP contribution in [-0.2, 0) is 6.54 Å². The van der Waals surface area contributed by atoms with Gasteiger partial charge in [-0.2, -0.15) is 0 Å². The number of piperidine rings is 1. The Morgan fingerprint density at radius 1 is 1.19 bits per heavy atom. The Balaban J connectivity index is 1.60. The normalized spacial score (nSPS) is 19.4. The molecule has 110 valence electrons. The summed E-state index contributed by atoms with van der Waals surface area (Å²) in [4.78, 5) is 15.4. The van der Waals surface area contributed by atoms with Crippen molar-refractivity contribution in [1.82, 2.24) is 19.9 Å². The van der Waals surface area contributed by atoms with Crippen LogP contribution in [0.15, 0.2) is 36.8 Å². The molecule has 21 heavy (non-hydrogen) atoms. The number of rotatable bonds is 4. The molecule has 1 unspecified atom stereocenters. The molecule has 1 fully saturated rings. The monoisotopic (exact) mass is 283 g/mol. The molecule has 0 spiro atoms. The minimum atomic E-state index is 0.408. The molecule has 0 aromatic carbocycles. The van der Waals surface area contributed by atoms with Crippen LogP contribution in [-0.4, -0.2) is 39.0 Å². The molecule has 0 aliphatic carbocycles. The lowest BCUT2D eigenvalue weighted by Crippen LogP contribution is -2.42. The van der Waals surface area contributed by atoms with Crippen molar-refractivity contribution in [3.8, 4) is 0 Å². The van der Waals surface area contributed by atoms with Crippen LogP contribution in [0.3, 0.4) is 0 Å². The van der Waals surface area contributed by atoms with Gasteiger partial charge in [0.2, 0.25) is 5.95 Å². The minimum Gasteiger partial charge on any atom is -0.350 e. The van der Waals surface area contributed by atoms with Gasteiger partial charge in [0, 0.05) is 37.7 Å². The van der Waals surface area contributed by atoms with Gasteiger partial charge in [-0.3, -0.25) is 9.88 Å². The van der Waals surface area contributed by atoms with E-state index < -0.39 is 0 Å². The molecule has 2 aromatic rings. The van der Waals surface area contributed by atoms with E-state index in [2.05, 4.69) is 38.2 Å². The fourth-order valence-electron chi connectivity index (χ4n) is 2.77. The number of aromatic nitrogens is 3. The van der Waals surface area contributed by atoms with E-state index in [0.29, 0.717) is 6.04 Å². The van der Waals surface area contributed by atoms with Crippen LogP contribution in [0.25, 0.3) is 0 Å². The van der Waals surface area contributed by atoms with Crippen molar-refractivity contribution in [3.63, 3.8) is 0 Å². The largest absolute Gasteiger partial charge is 0.350 e. The first-order valence-corrected chi connectivity index (χ1v) is 7.47. The molecule has 3 heterocycles. The van der Waals surface area contributed by atoms with Crippen molar-refractivity contribution in [1.29, 1.82) is 0 Å². The Labute approximate surface area is 125 Å². The van der Waals surface area contributed by atoms with E-state index in [0.717, 1.165) is 32.0 Å². The zero-order valence-electron chi connectivity index (χ0n) is 12.4. The summed E-state index contributed by atoms with van der Waals surface area (Å²) in [6, 6.07) is 6.36. The molecular weight excluding hydrogens is 262 g/mol. The molecule has 5 heteroatoms. The summed E-state index contributed by atoms with van der Waals surface area (Å²) in [5.41, 5.74) is 2.44. The van der Waals surface area contributed by atoms with Gasteiger partial charge in [0.15, 0.2) is 0 Å². The van der Waals surface area contributed by atoms with Crippen molar-refractivity contribution in [3.05, 3.63) is 48.0 Å². The molecule has 2 aromatic heterocycles. The number of nitrogens with one attached hydrogen (secondary N) is 1. The summed E-state index contributed by atoms with van der Waals surface area (Å²) in [5, 5.41) is 3.43. The molecule has 1 saturated heterocycles. The number of aryl methyl sites for hydroxylation is 1. The van der Waals surface area contributed by atoms with Gasteiger partial charge >= 0.3 is 0 Å². The van der Waals surface area contributed by atoms with Gasteiger partial charge in [0.1, 0.15) is 0 Å². The highest BCUT2D eigenvalue weighted by atomic mass is 15.2. The second-order valence-corrected chi connectivity index (χ2v) is 5.56. The Hall–Kier alpha value is -2.01. The third-order valence-corrected chi connectivity index (χ3v) is 3.90. The van der Waals surface area contributed by atoms with Crippen LogP contribution in [0.2, 0.25) is 0 Å². The van der Waals surface area contributed by atoms with E-state index in [1.165, 1.54) is 17.7 Å². The smallest absolute Gasteiger partial charge is 0.222 e. The molecule has 1 atom stereocenters. The first kappa shape index (κ1) is 13.9. The molecule has 5 nitrogen and oxygen atoms in total. The topological polar surface area (TPSA) is 53.9 Å². The Morgan fingerprint density at radius 2 is 2.00 bits per heavy atom. The first-order valence-electron chi connectivity index (χ1n) is 7.47. The number of pyridine rings is 1. The summed E-state index contributed by atoms with van der Waals surface area (Å²) < 4.78 is 0. The fourth-order valence-corrected chi connectivity index (χ4v) is 2.77. The molecule has 0 bridgehead atoms. The molecule has 1 aliphatic heterocycles. The average molecular weight is 283 g/mol. The molecular formula is C16H21N5.